The average Bonchev–Trinajstić information content (AvgIpc) is 2.85. The third kappa shape index (κ3) is 3.63. The predicted molar refractivity (Wildman–Crippen MR) is 80.8 cm³/mol. The Morgan fingerprint density at radius 1 is 1.43 bits per heavy atom. The number of likely N-dealkylation sites (tertiary alicyclic amines) is 1. The molecule has 2 unspecified atom stereocenters. The van der Waals surface area contributed by atoms with Crippen LogP contribution in [0.25, 0.3) is 0 Å². The van der Waals surface area contributed by atoms with Crippen molar-refractivity contribution in [1.82, 2.24) is 14.7 Å². The van der Waals surface area contributed by atoms with Crippen LogP contribution in [-0.4, -0.2) is 46.4 Å². The smallest absolute Gasteiger partial charge is 0.327 e. The molecule has 2 heterocycles. The summed E-state index contributed by atoms with van der Waals surface area (Å²) in [6.45, 7) is 11.4. The summed E-state index contributed by atoms with van der Waals surface area (Å²) in [5, 5.41) is 4.47. The first-order valence-electron chi connectivity index (χ1n) is 7.58. The summed E-state index contributed by atoms with van der Waals surface area (Å²) in [5.41, 5.74) is 9.29. The Kier molecular flexibility index (Phi) is 5.00. The fourth-order valence-electron chi connectivity index (χ4n) is 2.89. The zero-order valence-corrected chi connectivity index (χ0v) is 13.4. The van der Waals surface area contributed by atoms with Gasteiger partial charge in [-0.25, -0.2) is 0 Å². The first-order valence-corrected chi connectivity index (χ1v) is 7.58. The molecule has 0 spiro atoms. The van der Waals surface area contributed by atoms with E-state index in [9.17, 15) is 4.79 Å². The minimum atomic E-state index is -0.244. The molecule has 2 rings (SSSR count). The molecule has 21 heavy (non-hydrogen) atoms. The predicted octanol–water partition coefficient (Wildman–Crippen LogP) is 0.842. The van der Waals surface area contributed by atoms with Gasteiger partial charge in [-0.3, -0.25) is 14.4 Å². The second kappa shape index (κ2) is 6.58. The first-order chi connectivity index (χ1) is 9.92. The van der Waals surface area contributed by atoms with E-state index in [0.717, 1.165) is 31.0 Å². The van der Waals surface area contributed by atoms with Crippen molar-refractivity contribution in [2.45, 2.75) is 46.8 Å². The van der Waals surface area contributed by atoms with Gasteiger partial charge in [-0.15, -0.1) is 0 Å². The average molecular weight is 294 g/mol. The first kappa shape index (κ1) is 16.0. The Labute approximate surface area is 126 Å². The van der Waals surface area contributed by atoms with Gasteiger partial charge in [-0.1, -0.05) is 6.92 Å². The van der Waals surface area contributed by atoms with E-state index in [1.165, 1.54) is 5.56 Å². The lowest BCUT2D eigenvalue weighted by atomic mass is 10.1. The molecular weight excluding hydrogens is 268 g/mol. The maximum absolute atomic E-state index is 11.6. The minimum Gasteiger partial charge on any atom is -0.465 e. The fraction of sp³-hybridized carbons (Fsp3) is 0.733. The van der Waals surface area contributed by atoms with Crippen molar-refractivity contribution >= 4 is 5.97 Å². The number of aryl methyl sites for hydroxylation is 1. The van der Waals surface area contributed by atoms with Gasteiger partial charge >= 0.3 is 5.97 Å². The van der Waals surface area contributed by atoms with Gasteiger partial charge in [-0.05, 0) is 26.7 Å². The second-order valence-electron chi connectivity index (χ2n) is 5.95. The van der Waals surface area contributed by atoms with E-state index in [-0.39, 0.29) is 18.6 Å². The van der Waals surface area contributed by atoms with E-state index in [1.807, 2.05) is 20.8 Å². The van der Waals surface area contributed by atoms with Crippen molar-refractivity contribution in [2.24, 2.45) is 11.7 Å². The van der Waals surface area contributed by atoms with Crippen molar-refractivity contribution in [3.05, 3.63) is 17.0 Å². The summed E-state index contributed by atoms with van der Waals surface area (Å²) in [4.78, 5) is 14.0. The summed E-state index contributed by atoms with van der Waals surface area (Å²) >= 11 is 0. The highest BCUT2D eigenvalue weighted by molar-refractivity contribution is 5.69. The van der Waals surface area contributed by atoms with Gasteiger partial charge in [0.15, 0.2) is 0 Å². The zero-order valence-electron chi connectivity index (χ0n) is 13.4. The van der Waals surface area contributed by atoms with Crippen LogP contribution in [0.15, 0.2) is 0 Å². The summed E-state index contributed by atoms with van der Waals surface area (Å²) in [5.74, 6) is 0.284. The molecule has 6 nitrogen and oxygen atoms in total. The summed E-state index contributed by atoms with van der Waals surface area (Å²) in [6.07, 6.45) is 0. The quantitative estimate of drug-likeness (QED) is 0.815. The monoisotopic (exact) mass is 294 g/mol. The zero-order chi connectivity index (χ0) is 15.6. The van der Waals surface area contributed by atoms with Gasteiger partial charge in [0.1, 0.15) is 6.54 Å². The number of aromatic nitrogens is 2. The Bertz CT molecular complexity index is 502. The number of carbonyl (C=O) groups is 1. The SMILES string of the molecule is CCOC(=O)Cn1nc(C)c(CN2CC(C)C(N)C2)c1C. The van der Waals surface area contributed by atoms with Crippen molar-refractivity contribution in [3.63, 3.8) is 0 Å². The van der Waals surface area contributed by atoms with Crippen LogP contribution >= 0.6 is 0 Å². The third-order valence-electron chi connectivity index (χ3n) is 4.24. The maximum Gasteiger partial charge on any atom is 0.327 e. The summed E-state index contributed by atoms with van der Waals surface area (Å²) in [6, 6.07) is 0.250. The second-order valence-corrected chi connectivity index (χ2v) is 5.95. The Morgan fingerprint density at radius 2 is 2.14 bits per heavy atom. The van der Waals surface area contributed by atoms with Crippen LogP contribution < -0.4 is 5.73 Å². The van der Waals surface area contributed by atoms with E-state index < -0.39 is 0 Å². The van der Waals surface area contributed by atoms with Crippen LogP contribution in [0.5, 0.6) is 0 Å². The highest BCUT2D eigenvalue weighted by Gasteiger charge is 2.27. The molecule has 1 aromatic rings. The largest absolute Gasteiger partial charge is 0.465 e. The number of nitrogens with zero attached hydrogens (tertiary/aromatic N) is 3. The van der Waals surface area contributed by atoms with Crippen LogP contribution in [0.1, 0.15) is 30.8 Å². The highest BCUT2D eigenvalue weighted by Crippen LogP contribution is 2.21. The van der Waals surface area contributed by atoms with Gasteiger partial charge in [0.05, 0.1) is 12.3 Å². The maximum atomic E-state index is 11.6. The molecule has 6 heteroatoms. The molecule has 1 aliphatic heterocycles. The topological polar surface area (TPSA) is 73.4 Å². The molecule has 0 aromatic carbocycles. The lowest BCUT2D eigenvalue weighted by molar-refractivity contribution is -0.144. The molecule has 0 bridgehead atoms. The van der Waals surface area contributed by atoms with E-state index in [1.54, 1.807) is 4.68 Å². The molecule has 0 saturated carbocycles. The molecule has 2 N–H and O–H groups in total. The van der Waals surface area contributed by atoms with Gasteiger partial charge in [0.25, 0.3) is 0 Å². The number of ether oxygens (including phenoxy) is 1. The molecule has 118 valence electrons. The molecule has 0 amide bonds. The highest BCUT2D eigenvalue weighted by atomic mass is 16.5. The number of esters is 1. The van der Waals surface area contributed by atoms with Crippen LogP contribution in [0.4, 0.5) is 0 Å². The fourth-order valence-corrected chi connectivity index (χ4v) is 2.89. The Morgan fingerprint density at radius 3 is 2.71 bits per heavy atom. The van der Waals surface area contributed by atoms with Crippen LogP contribution in [0.3, 0.4) is 0 Å². The molecule has 2 atom stereocenters. The van der Waals surface area contributed by atoms with Gasteiger partial charge in [-0.2, -0.15) is 5.10 Å². The molecule has 1 saturated heterocycles. The number of hydrogen-bond acceptors (Lipinski definition) is 5. The van der Waals surface area contributed by atoms with Gasteiger partial charge in [0.2, 0.25) is 0 Å². The number of rotatable bonds is 5. The molecular formula is C15H26N4O2. The third-order valence-corrected chi connectivity index (χ3v) is 4.24. The number of hydrogen-bond donors (Lipinski definition) is 1. The van der Waals surface area contributed by atoms with Crippen molar-refractivity contribution < 1.29 is 9.53 Å². The summed E-state index contributed by atoms with van der Waals surface area (Å²) < 4.78 is 6.72. The molecule has 1 aliphatic rings. The molecule has 1 fully saturated rings. The Balaban J connectivity index is 2.07. The van der Waals surface area contributed by atoms with Crippen LogP contribution in [-0.2, 0) is 22.6 Å². The molecule has 0 radical (unpaired) electrons. The van der Waals surface area contributed by atoms with Crippen molar-refractivity contribution in [3.8, 4) is 0 Å². The minimum absolute atomic E-state index is 0.177. The number of carbonyl (C=O) groups excluding carboxylic acids is 1. The van der Waals surface area contributed by atoms with E-state index in [0.29, 0.717) is 12.5 Å². The van der Waals surface area contributed by atoms with Crippen molar-refractivity contribution in [2.75, 3.05) is 19.7 Å². The van der Waals surface area contributed by atoms with E-state index in [2.05, 4.69) is 16.9 Å². The van der Waals surface area contributed by atoms with Crippen LogP contribution in [0, 0.1) is 19.8 Å². The van der Waals surface area contributed by atoms with Gasteiger partial charge < -0.3 is 10.5 Å². The number of nitrogens with two attached hydrogens (primary N) is 1. The lowest BCUT2D eigenvalue weighted by Crippen LogP contribution is -2.28. The van der Waals surface area contributed by atoms with Crippen LogP contribution in [0.2, 0.25) is 0 Å². The van der Waals surface area contributed by atoms with E-state index in [4.69, 9.17) is 10.5 Å². The van der Waals surface area contributed by atoms with Gasteiger partial charge in [0, 0.05) is 36.9 Å². The lowest BCUT2D eigenvalue weighted by Gasteiger charge is -2.15. The normalized spacial score (nSPS) is 22.7. The van der Waals surface area contributed by atoms with Crippen molar-refractivity contribution in [1.29, 1.82) is 0 Å². The molecule has 0 aliphatic carbocycles. The summed E-state index contributed by atoms with van der Waals surface area (Å²) in [7, 11) is 0. The molecule has 1 aromatic heterocycles. The van der Waals surface area contributed by atoms with E-state index >= 15 is 0 Å². The standard InChI is InChI=1S/C15H26N4O2/c1-5-21-15(20)9-19-12(4)13(11(3)17-19)7-18-6-10(2)14(16)8-18/h10,14H,5-9,16H2,1-4H3. The Hall–Kier alpha value is -1.40.